The molecule has 0 spiro atoms. The number of amides is 3. The molecule has 1 fully saturated rings. The summed E-state index contributed by atoms with van der Waals surface area (Å²) < 4.78 is 0. The highest BCUT2D eigenvalue weighted by Gasteiger charge is 2.30. The first-order chi connectivity index (χ1) is 14.8. The van der Waals surface area contributed by atoms with Crippen LogP contribution in [0, 0.1) is 5.92 Å². The van der Waals surface area contributed by atoms with Crippen molar-refractivity contribution in [2.75, 3.05) is 36.4 Å². The number of nitrogens with zero attached hydrogens (tertiary/aromatic N) is 2. The van der Waals surface area contributed by atoms with Crippen LogP contribution in [-0.4, -0.2) is 54.8 Å². The molecular weight excluding hydrogens is 392 g/mol. The second kappa shape index (κ2) is 10.1. The molecule has 7 nitrogen and oxygen atoms in total. The third-order valence-corrected chi connectivity index (χ3v) is 5.48. The molecule has 7 heteroatoms. The number of nitrogens with one attached hydrogen (secondary N) is 2. The van der Waals surface area contributed by atoms with E-state index in [4.69, 9.17) is 0 Å². The second-order valence-electron chi connectivity index (χ2n) is 8.10. The number of benzene rings is 2. The summed E-state index contributed by atoms with van der Waals surface area (Å²) in [4.78, 5) is 41.0. The normalized spacial score (nSPS) is 14.8. The number of rotatable bonds is 6. The predicted molar refractivity (Wildman–Crippen MR) is 122 cm³/mol. The Morgan fingerprint density at radius 1 is 0.871 bits per heavy atom. The highest BCUT2D eigenvalue weighted by molar-refractivity contribution is 5.94. The first-order valence-electron chi connectivity index (χ1n) is 10.6. The number of carbonyl (C=O) groups excluding carboxylic acids is 3. The lowest BCUT2D eigenvalue weighted by atomic mass is 10.0. The third-order valence-electron chi connectivity index (χ3n) is 5.48. The van der Waals surface area contributed by atoms with Crippen LogP contribution in [0.4, 0.5) is 16.2 Å². The molecule has 31 heavy (non-hydrogen) atoms. The standard InChI is InChI=1S/C24H30N4O3/c1-17(2)22(26-24(31)25-20-7-5-4-6-8-20)23(30)28-15-13-27(14-16-28)21-11-9-19(10-12-21)18(3)29/h4-12,17,22H,13-16H2,1-3H3,(H2,25,26,31)/t22-/m1/s1. The highest BCUT2D eigenvalue weighted by Crippen LogP contribution is 2.19. The van der Waals surface area contributed by atoms with E-state index < -0.39 is 6.04 Å². The molecule has 1 heterocycles. The predicted octanol–water partition coefficient (Wildman–Crippen LogP) is 3.38. The van der Waals surface area contributed by atoms with Gasteiger partial charge in [-0.15, -0.1) is 0 Å². The molecule has 0 unspecified atom stereocenters. The van der Waals surface area contributed by atoms with E-state index in [1.54, 1.807) is 19.1 Å². The van der Waals surface area contributed by atoms with Crippen LogP contribution in [0.15, 0.2) is 54.6 Å². The Bertz CT molecular complexity index is 904. The molecule has 0 saturated carbocycles. The van der Waals surface area contributed by atoms with Crippen molar-refractivity contribution in [2.45, 2.75) is 26.8 Å². The number of piperazine rings is 1. The summed E-state index contributed by atoms with van der Waals surface area (Å²) in [6.45, 7) is 7.98. The van der Waals surface area contributed by atoms with Gasteiger partial charge in [0.05, 0.1) is 0 Å². The maximum Gasteiger partial charge on any atom is 0.319 e. The Balaban J connectivity index is 1.56. The van der Waals surface area contributed by atoms with Crippen molar-refractivity contribution in [1.29, 1.82) is 0 Å². The van der Waals surface area contributed by atoms with Gasteiger partial charge in [0.1, 0.15) is 6.04 Å². The van der Waals surface area contributed by atoms with Crippen LogP contribution in [-0.2, 0) is 4.79 Å². The zero-order valence-electron chi connectivity index (χ0n) is 18.3. The fourth-order valence-corrected chi connectivity index (χ4v) is 3.63. The van der Waals surface area contributed by atoms with E-state index in [2.05, 4.69) is 15.5 Å². The Morgan fingerprint density at radius 2 is 1.48 bits per heavy atom. The number of hydrogen-bond acceptors (Lipinski definition) is 4. The van der Waals surface area contributed by atoms with E-state index >= 15 is 0 Å². The molecular formula is C24H30N4O3. The highest BCUT2D eigenvalue weighted by atomic mass is 16.2. The van der Waals surface area contributed by atoms with Crippen molar-refractivity contribution in [3.63, 3.8) is 0 Å². The van der Waals surface area contributed by atoms with E-state index in [0.717, 1.165) is 5.69 Å². The van der Waals surface area contributed by atoms with Gasteiger partial charge in [-0.25, -0.2) is 4.79 Å². The van der Waals surface area contributed by atoms with Gasteiger partial charge in [0.2, 0.25) is 5.91 Å². The summed E-state index contributed by atoms with van der Waals surface area (Å²) >= 11 is 0. The summed E-state index contributed by atoms with van der Waals surface area (Å²) in [7, 11) is 0. The Labute approximate surface area is 183 Å². The zero-order valence-corrected chi connectivity index (χ0v) is 18.3. The molecule has 1 aliphatic rings. The van der Waals surface area contributed by atoms with Crippen LogP contribution < -0.4 is 15.5 Å². The first-order valence-corrected chi connectivity index (χ1v) is 10.6. The maximum atomic E-state index is 13.1. The molecule has 1 aliphatic heterocycles. The molecule has 2 aromatic carbocycles. The topological polar surface area (TPSA) is 81.8 Å². The number of carbonyl (C=O) groups is 3. The number of para-hydroxylation sites is 1. The van der Waals surface area contributed by atoms with Gasteiger partial charge in [0.25, 0.3) is 0 Å². The molecule has 0 aliphatic carbocycles. The van der Waals surface area contributed by atoms with Crippen molar-refractivity contribution in [2.24, 2.45) is 5.92 Å². The number of urea groups is 1. The van der Waals surface area contributed by atoms with Crippen LogP contribution in [0.2, 0.25) is 0 Å². The van der Waals surface area contributed by atoms with E-state index in [1.807, 2.05) is 61.2 Å². The van der Waals surface area contributed by atoms with E-state index in [1.165, 1.54) is 0 Å². The fourth-order valence-electron chi connectivity index (χ4n) is 3.63. The van der Waals surface area contributed by atoms with Crippen LogP contribution in [0.25, 0.3) is 0 Å². The number of Topliss-reactive ketones (excluding diaryl/α,β-unsaturated/α-hetero) is 1. The van der Waals surface area contributed by atoms with Crippen molar-refractivity contribution in [1.82, 2.24) is 10.2 Å². The Morgan fingerprint density at radius 3 is 2.03 bits per heavy atom. The third kappa shape index (κ3) is 5.84. The van der Waals surface area contributed by atoms with Gasteiger partial charge in [0, 0.05) is 43.1 Å². The van der Waals surface area contributed by atoms with Crippen LogP contribution in [0.5, 0.6) is 0 Å². The second-order valence-corrected chi connectivity index (χ2v) is 8.10. The molecule has 0 radical (unpaired) electrons. The number of anilines is 2. The molecule has 3 rings (SSSR count). The Kier molecular flexibility index (Phi) is 7.28. The van der Waals surface area contributed by atoms with Crippen molar-refractivity contribution >= 4 is 29.1 Å². The van der Waals surface area contributed by atoms with E-state index in [0.29, 0.717) is 37.4 Å². The molecule has 2 aromatic rings. The molecule has 164 valence electrons. The minimum absolute atomic E-state index is 0.0359. The molecule has 3 amide bonds. The molecule has 1 saturated heterocycles. The fraction of sp³-hybridized carbons (Fsp3) is 0.375. The van der Waals surface area contributed by atoms with Crippen molar-refractivity contribution in [3.8, 4) is 0 Å². The lowest BCUT2D eigenvalue weighted by molar-refractivity contribution is -0.134. The monoisotopic (exact) mass is 422 g/mol. The smallest absolute Gasteiger partial charge is 0.319 e. The Hall–Kier alpha value is -3.35. The molecule has 1 atom stereocenters. The molecule has 0 bridgehead atoms. The lowest BCUT2D eigenvalue weighted by Gasteiger charge is -2.38. The molecule has 0 aromatic heterocycles. The summed E-state index contributed by atoms with van der Waals surface area (Å²) in [6.07, 6.45) is 0. The van der Waals surface area contributed by atoms with E-state index in [9.17, 15) is 14.4 Å². The largest absolute Gasteiger partial charge is 0.368 e. The van der Waals surface area contributed by atoms with Crippen LogP contribution in [0.1, 0.15) is 31.1 Å². The number of ketones is 1. The van der Waals surface area contributed by atoms with Crippen molar-refractivity contribution in [3.05, 3.63) is 60.2 Å². The van der Waals surface area contributed by atoms with Gasteiger partial charge in [0.15, 0.2) is 5.78 Å². The average Bonchev–Trinajstić information content (AvgIpc) is 2.77. The minimum Gasteiger partial charge on any atom is -0.368 e. The molecule has 2 N–H and O–H groups in total. The summed E-state index contributed by atoms with van der Waals surface area (Å²) in [5.74, 6) is -0.0542. The SMILES string of the molecule is CC(=O)c1ccc(N2CCN(C(=O)[C@H](NC(=O)Nc3ccccc3)C(C)C)CC2)cc1. The van der Waals surface area contributed by atoms with Gasteiger partial charge in [-0.3, -0.25) is 9.59 Å². The van der Waals surface area contributed by atoms with Crippen LogP contribution in [0.3, 0.4) is 0 Å². The van der Waals surface area contributed by atoms with E-state index in [-0.39, 0.29) is 23.6 Å². The van der Waals surface area contributed by atoms with Gasteiger partial charge in [-0.05, 0) is 49.2 Å². The quantitative estimate of drug-likeness (QED) is 0.700. The van der Waals surface area contributed by atoms with Gasteiger partial charge in [-0.1, -0.05) is 32.0 Å². The van der Waals surface area contributed by atoms with Gasteiger partial charge in [-0.2, -0.15) is 0 Å². The maximum absolute atomic E-state index is 13.1. The van der Waals surface area contributed by atoms with Gasteiger partial charge < -0.3 is 20.4 Å². The summed E-state index contributed by atoms with van der Waals surface area (Å²) in [5.41, 5.74) is 2.41. The summed E-state index contributed by atoms with van der Waals surface area (Å²) in [5, 5.41) is 5.61. The van der Waals surface area contributed by atoms with Gasteiger partial charge >= 0.3 is 6.03 Å². The summed E-state index contributed by atoms with van der Waals surface area (Å²) in [6, 6.07) is 15.7. The van der Waals surface area contributed by atoms with Crippen molar-refractivity contribution < 1.29 is 14.4 Å². The van der Waals surface area contributed by atoms with Crippen LogP contribution >= 0.6 is 0 Å². The first kappa shape index (κ1) is 22.3. The zero-order chi connectivity index (χ0) is 22.4. The minimum atomic E-state index is -0.592. The lowest BCUT2D eigenvalue weighted by Crippen LogP contribution is -2.57. The average molecular weight is 423 g/mol. The number of hydrogen-bond donors (Lipinski definition) is 2.